The Morgan fingerprint density at radius 2 is 1.86 bits per heavy atom. The van der Waals surface area contributed by atoms with Crippen LogP contribution in [0.3, 0.4) is 0 Å². The molecule has 4 rings (SSSR count). The summed E-state index contributed by atoms with van der Waals surface area (Å²) in [5.74, 6) is 1.47. The highest BCUT2D eigenvalue weighted by molar-refractivity contribution is 5.58. The molecule has 7 nitrogen and oxygen atoms in total. The largest absolute Gasteiger partial charge is 0.494 e. The Bertz CT molecular complexity index is 1180. The zero-order valence-corrected chi connectivity index (χ0v) is 16.2. The quantitative estimate of drug-likeness (QED) is 0.501. The monoisotopic (exact) mass is 388 g/mol. The smallest absolute Gasteiger partial charge is 0.267 e. The molecule has 0 aliphatic carbocycles. The summed E-state index contributed by atoms with van der Waals surface area (Å²) in [7, 11) is 0. The van der Waals surface area contributed by atoms with E-state index < -0.39 is 0 Å². The van der Waals surface area contributed by atoms with Gasteiger partial charge in [0.25, 0.3) is 5.56 Å². The van der Waals surface area contributed by atoms with E-state index in [0.717, 1.165) is 22.4 Å². The van der Waals surface area contributed by atoms with Gasteiger partial charge in [0.05, 0.1) is 12.3 Å². The van der Waals surface area contributed by atoms with Gasteiger partial charge in [-0.2, -0.15) is 10.1 Å². The van der Waals surface area contributed by atoms with Crippen LogP contribution < -0.4 is 10.3 Å². The van der Waals surface area contributed by atoms with Crippen molar-refractivity contribution in [3.63, 3.8) is 0 Å². The van der Waals surface area contributed by atoms with Gasteiger partial charge in [0.1, 0.15) is 12.3 Å². The van der Waals surface area contributed by atoms with E-state index in [1.807, 2.05) is 62.4 Å². The molecule has 0 saturated heterocycles. The Balaban J connectivity index is 1.59. The van der Waals surface area contributed by atoms with Gasteiger partial charge in [0.2, 0.25) is 11.7 Å². The second kappa shape index (κ2) is 8.10. The van der Waals surface area contributed by atoms with Gasteiger partial charge in [-0.05, 0) is 32.0 Å². The van der Waals surface area contributed by atoms with Crippen molar-refractivity contribution < 1.29 is 9.26 Å². The third-order valence-corrected chi connectivity index (χ3v) is 4.37. The van der Waals surface area contributed by atoms with Crippen molar-refractivity contribution in [2.24, 2.45) is 0 Å². The summed E-state index contributed by atoms with van der Waals surface area (Å²) >= 11 is 0. The Morgan fingerprint density at radius 3 is 2.66 bits per heavy atom. The molecule has 2 aromatic heterocycles. The van der Waals surface area contributed by atoms with E-state index in [1.165, 1.54) is 10.7 Å². The maximum Gasteiger partial charge on any atom is 0.267 e. The van der Waals surface area contributed by atoms with E-state index in [2.05, 4.69) is 15.2 Å². The van der Waals surface area contributed by atoms with Crippen LogP contribution in [0.25, 0.3) is 22.6 Å². The van der Waals surface area contributed by atoms with E-state index >= 15 is 0 Å². The summed E-state index contributed by atoms with van der Waals surface area (Å²) in [6, 6.07) is 18.6. The first-order valence-corrected chi connectivity index (χ1v) is 9.33. The average molecular weight is 388 g/mol. The van der Waals surface area contributed by atoms with Crippen LogP contribution >= 0.6 is 0 Å². The van der Waals surface area contributed by atoms with Gasteiger partial charge >= 0.3 is 0 Å². The molecular formula is C22H20N4O3. The van der Waals surface area contributed by atoms with Crippen molar-refractivity contribution in [1.29, 1.82) is 0 Å². The standard InChI is InChI=1S/C22H20N4O3/c1-3-28-18-6-4-5-17(13-18)22-23-20(29-25-22)14-26-21(27)12-11-19(24-26)16-9-7-15(2)8-10-16/h4-13H,3,14H2,1-2H3. The molecule has 7 heteroatoms. The van der Waals surface area contributed by atoms with Crippen LogP contribution in [0, 0.1) is 6.92 Å². The molecule has 2 heterocycles. The highest BCUT2D eigenvalue weighted by atomic mass is 16.5. The minimum Gasteiger partial charge on any atom is -0.494 e. The average Bonchev–Trinajstić information content (AvgIpc) is 3.19. The number of benzene rings is 2. The summed E-state index contributed by atoms with van der Waals surface area (Å²) < 4.78 is 12.2. The van der Waals surface area contributed by atoms with Crippen molar-refractivity contribution in [1.82, 2.24) is 19.9 Å². The Morgan fingerprint density at radius 1 is 1.03 bits per heavy atom. The SMILES string of the molecule is CCOc1cccc(-c2noc(Cn3nc(-c4ccc(C)cc4)ccc3=O)n2)c1. The van der Waals surface area contributed by atoms with Crippen LogP contribution in [0.15, 0.2) is 70.0 Å². The third-order valence-electron chi connectivity index (χ3n) is 4.37. The zero-order chi connectivity index (χ0) is 20.2. The van der Waals surface area contributed by atoms with Crippen molar-refractivity contribution in [3.05, 3.63) is 82.5 Å². The highest BCUT2D eigenvalue weighted by Crippen LogP contribution is 2.22. The van der Waals surface area contributed by atoms with E-state index in [0.29, 0.717) is 24.0 Å². The Kier molecular flexibility index (Phi) is 5.20. The lowest BCUT2D eigenvalue weighted by molar-refractivity contribution is 0.340. The molecular weight excluding hydrogens is 368 g/mol. The van der Waals surface area contributed by atoms with Gasteiger partial charge in [0.15, 0.2) is 0 Å². The molecule has 146 valence electrons. The van der Waals surface area contributed by atoms with Crippen molar-refractivity contribution in [2.45, 2.75) is 20.4 Å². The summed E-state index contributed by atoms with van der Waals surface area (Å²) in [5, 5.41) is 8.46. The molecule has 0 aliphatic rings. The maximum atomic E-state index is 12.2. The van der Waals surface area contributed by atoms with Gasteiger partial charge in [-0.3, -0.25) is 4.79 Å². The van der Waals surface area contributed by atoms with Crippen molar-refractivity contribution >= 4 is 0 Å². The van der Waals surface area contributed by atoms with Gasteiger partial charge in [-0.25, -0.2) is 4.68 Å². The summed E-state index contributed by atoms with van der Waals surface area (Å²) in [5.41, 5.74) is 3.34. The van der Waals surface area contributed by atoms with Gasteiger partial charge < -0.3 is 9.26 Å². The van der Waals surface area contributed by atoms with Crippen molar-refractivity contribution in [3.8, 4) is 28.4 Å². The second-order valence-corrected chi connectivity index (χ2v) is 6.55. The number of aryl methyl sites for hydroxylation is 1. The van der Waals surface area contributed by atoms with Crippen LogP contribution in [0.5, 0.6) is 5.75 Å². The van der Waals surface area contributed by atoms with Crippen LogP contribution in [-0.4, -0.2) is 26.5 Å². The van der Waals surface area contributed by atoms with Crippen LogP contribution in [0.4, 0.5) is 0 Å². The van der Waals surface area contributed by atoms with Crippen LogP contribution in [0.1, 0.15) is 18.4 Å². The van der Waals surface area contributed by atoms with Crippen molar-refractivity contribution in [2.75, 3.05) is 6.61 Å². The topological polar surface area (TPSA) is 83.0 Å². The highest BCUT2D eigenvalue weighted by Gasteiger charge is 2.12. The molecule has 0 aliphatic heterocycles. The third kappa shape index (κ3) is 4.24. The second-order valence-electron chi connectivity index (χ2n) is 6.55. The predicted molar refractivity (Wildman–Crippen MR) is 109 cm³/mol. The number of rotatable bonds is 6. The molecule has 29 heavy (non-hydrogen) atoms. The molecule has 0 unspecified atom stereocenters. The lowest BCUT2D eigenvalue weighted by Gasteiger charge is -2.05. The molecule has 0 N–H and O–H groups in total. The summed E-state index contributed by atoms with van der Waals surface area (Å²) in [6.45, 7) is 4.62. The molecule has 0 bridgehead atoms. The lowest BCUT2D eigenvalue weighted by Crippen LogP contribution is -2.23. The summed E-state index contributed by atoms with van der Waals surface area (Å²) in [4.78, 5) is 16.6. The van der Waals surface area contributed by atoms with E-state index in [1.54, 1.807) is 6.07 Å². The predicted octanol–water partition coefficient (Wildman–Crippen LogP) is 3.72. The number of ether oxygens (including phenoxy) is 1. The van der Waals surface area contributed by atoms with Gasteiger partial charge in [-0.15, -0.1) is 0 Å². The molecule has 4 aromatic rings. The number of hydrogen-bond donors (Lipinski definition) is 0. The maximum absolute atomic E-state index is 12.2. The minimum absolute atomic E-state index is 0.0939. The molecule has 0 atom stereocenters. The normalized spacial score (nSPS) is 10.8. The molecule has 2 aromatic carbocycles. The zero-order valence-electron chi connectivity index (χ0n) is 16.2. The molecule has 0 spiro atoms. The fourth-order valence-electron chi connectivity index (χ4n) is 2.90. The molecule has 0 radical (unpaired) electrons. The lowest BCUT2D eigenvalue weighted by atomic mass is 10.1. The van der Waals surface area contributed by atoms with Gasteiger partial charge in [0, 0.05) is 17.2 Å². The fraction of sp³-hybridized carbons (Fsp3) is 0.182. The Labute approximate surface area is 167 Å². The fourth-order valence-corrected chi connectivity index (χ4v) is 2.90. The number of aromatic nitrogens is 4. The van der Waals surface area contributed by atoms with Crippen LogP contribution in [-0.2, 0) is 6.54 Å². The molecule has 0 fully saturated rings. The van der Waals surface area contributed by atoms with E-state index in [-0.39, 0.29) is 12.1 Å². The first kappa shape index (κ1) is 18.6. The van der Waals surface area contributed by atoms with Crippen LogP contribution in [0.2, 0.25) is 0 Å². The summed E-state index contributed by atoms with van der Waals surface area (Å²) in [6.07, 6.45) is 0. The Hall–Kier alpha value is -3.74. The first-order valence-electron chi connectivity index (χ1n) is 9.33. The van der Waals surface area contributed by atoms with E-state index in [9.17, 15) is 4.79 Å². The number of hydrogen-bond acceptors (Lipinski definition) is 6. The van der Waals surface area contributed by atoms with E-state index in [4.69, 9.17) is 9.26 Å². The minimum atomic E-state index is -0.237. The molecule has 0 amide bonds. The number of nitrogens with zero attached hydrogens (tertiary/aromatic N) is 4. The molecule has 0 saturated carbocycles. The van der Waals surface area contributed by atoms with Gasteiger partial charge in [-0.1, -0.05) is 47.1 Å². The first-order chi connectivity index (χ1) is 14.1.